The summed E-state index contributed by atoms with van der Waals surface area (Å²) in [4.78, 5) is 14.8. The summed E-state index contributed by atoms with van der Waals surface area (Å²) in [7, 11) is 3.77. The number of hydrogen-bond acceptors (Lipinski definition) is 7. The Labute approximate surface area is 166 Å². The monoisotopic (exact) mass is 380 g/mol. The highest BCUT2D eigenvalue weighted by Crippen LogP contribution is 2.43. The number of piperidine rings is 1. The van der Waals surface area contributed by atoms with Gasteiger partial charge in [-0.2, -0.15) is 9.97 Å². The Morgan fingerprint density at radius 3 is 2.54 bits per heavy atom. The first-order valence-electron chi connectivity index (χ1n) is 10.3. The first kappa shape index (κ1) is 17.6. The lowest BCUT2D eigenvalue weighted by Gasteiger charge is -2.34. The van der Waals surface area contributed by atoms with Crippen LogP contribution in [0.2, 0.25) is 0 Å². The zero-order chi connectivity index (χ0) is 19.1. The van der Waals surface area contributed by atoms with Gasteiger partial charge in [0.05, 0.1) is 18.7 Å². The number of methoxy groups -OCH3 is 1. The van der Waals surface area contributed by atoms with Crippen LogP contribution in [0.25, 0.3) is 0 Å². The molecular formula is C21H28N6O. The molecule has 1 saturated heterocycles. The molecule has 1 unspecified atom stereocenters. The maximum absolute atomic E-state index is 5.29. The summed E-state index contributed by atoms with van der Waals surface area (Å²) in [6.07, 6.45) is 4.82. The Morgan fingerprint density at radius 2 is 1.79 bits per heavy atom. The largest absolute Gasteiger partial charge is 0.497 e. The Bertz CT molecular complexity index is 849. The summed E-state index contributed by atoms with van der Waals surface area (Å²) >= 11 is 0. The Hall–Kier alpha value is -2.54. The lowest BCUT2D eigenvalue weighted by molar-refractivity contribution is 0.414. The van der Waals surface area contributed by atoms with Gasteiger partial charge in [-0.3, -0.25) is 5.01 Å². The number of aromatic nitrogens is 2. The summed E-state index contributed by atoms with van der Waals surface area (Å²) in [6, 6.07) is 8.66. The van der Waals surface area contributed by atoms with Crippen LogP contribution in [0.15, 0.2) is 24.3 Å². The van der Waals surface area contributed by atoms with Crippen LogP contribution in [0.5, 0.6) is 5.75 Å². The maximum Gasteiger partial charge on any atom is 0.229 e. The lowest BCUT2D eigenvalue weighted by Crippen LogP contribution is -2.36. The third-order valence-electron chi connectivity index (χ3n) is 6.07. The number of ether oxygens (including phenoxy) is 1. The van der Waals surface area contributed by atoms with Crippen molar-refractivity contribution in [1.82, 2.24) is 15.4 Å². The van der Waals surface area contributed by atoms with Crippen molar-refractivity contribution in [2.75, 3.05) is 48.6 Å². The molecule has 1 atom stereocenters. The van der Waals surface area contributed by atoms with E-state index in [1.807, 2.05) is 12.1 Å². The zero-order valence-corrected chi connectivity index (χ0v) is 16.7. The molecule has 0 aliphatic carbocycles. The summed E-state index contributed by atoms with van der Waals surface area (Å²) < 4.78 is 5.29. The molecule has 2 aromatic rings. The summed E-state index contributed by atoms with van der Waals surface area (Å²) in [5.74, 6) is 3.90. The van der Waals surface area contributed by atoms with Gasteiger partial charge in [-0.05, 0) is 43.4 Å². The van der Waals surface area contributed by atoms with Crippen molar-refractivity contribution >= 4 is 17.6 Å². The zero-order valence-electron chi connectivity index (χ0n) is 16.7. The van der Waals surface area contributed by atoms with Gasteiger partial charge in [0.15, 0.2) is 5.82 Å². The first-order valence-corrected chi connectivity index (χ1v) is 10.3. The number of nitrogens with one attached hydrogen (secondary N) is 1. The fourth-order valence-electron chi connectivity index (χ4n) is 4.54. The van der Waals surface area contributed by atoms with E-state index >= 15 is 0 Å². The highest BCUT2D eigenvalue weighted by atomic mass is 16.5. The average Bonchev–Trinajstić information content (AvgIpc) is 3.07. The number of benzene rings is 1. The topological polar surface area (TPSA) is 56.8 Å². The molecule has 0 radical (unpaired) electrons. The molecule has 1 aromatic carbocycles. The van der Waals surface area contributed by atoms with E-state index in [1.54, 1.807) is 7.11 Å². The van der Waals surface area contributed by atoms with Crippen LogP contribution in [-0.2, 0) is 6.54 Å². The minimum atomic E-state index is 0.317. The van der Waals surface area contributed by atoms with Crippen molar-refractivity contribution < 1.29 is 4.74 Å². The highest BCUT2D eigenvalue weighted by molar-refractivity contribution is 5.68. The molecule has 1 aromatic heterocycles. The molecule has 5 rings (SSSR count). The van der Waals surface area contributed by atoms with Gasteiger partial charge < -0.3 is 14.5 Å². The average molecular weight is 380 g/mol. The molecule has 3 aliphatic heterocycles. The minimum absolute atomic E-state index is 0.317. The smallest absolute Gasteiger partial charge is 0.229 e. The number of hydrogen-bond donors (Lipinski definition) is 1. The Kier molecular flexibility index (Phi) is 4.47. The van der Waals surface area contributed by atoms with Gasteiger partial charge in [0.1, 0.15) is 11.6 Å². The molecule has 7 heteroatoms. The third-order valence-corrected chi connectivity index (χ3v) is 6.07. The quantitative estimate of drug-likeness (QED) is 0.875. The SMILES string of the molecule is COc1ccc(CN2CCC3NN(C)c4nc(N5CCCCC5)nc2c43)cc1. The van der Waals surface area contributed by atoms with Crippen LogP contribution >= 0.6 is 0 Å². The van der Waals surface area contributed by atoms with Crippen LogP contribution < -0.4 is 25.0 Å². The summed E-state index contributed by atoms with van der Waals surface area (Å²) in [5, 5.41) is 2.08. The molecule has 0 saturated carbocycles. The fraction of sp³-hybridized carbons (Fsp3) is 0.524. The number of rotatable bonds is 4. The van der Waals surface area contributed by atoms with Crippen molar-refractivity contribution in [1.29, 1.82) is 0 Å². The van der Waals surface area contributed by atoms with E-state index in [9.17, 15) is 0 Å². The molecule has 1 fully saturated rings. The molecule has 3 aliphatic rings. The second-order valence-electron chi connectivity index (χ2n) is 7.93. The number of nitrogens with zero attached hydrogens (tertiary/aromatic N) is 5. The summed E-state index contributed by atoms with van der Waals surface area (Å²) in [6.45, 7) is 3.94. The Morgan fingerprint density at radius 1 is 1.04 bits per heavy atom. The molecule has 0 amide bonds. The van der Waals surface area contributed by atoms with Gasteiger partial charge in [0.25, 0.3) is 0 Å². The normalized spacial score (nSPS) is 21.1. The number of anilines is 3. The fourth-order valence-corrected chi connectivity index (χ4v) is 4.54. The Balaban J connectivity index is 1.50. The minimum Gasteiger partial charge on any atom is -0.497 e. The molecular weight excluding hydrogens is 352 g/mol. The second-order valence-corrected chi connectivity index (χ2v) is 7.93. The van der Waals surface area contributed by atoms with Crippen LogP contribution in [0, 0.1) is 0 Å². The van der Waals surface area contributed by atoms with E-state index < -0.39 is 0 Å². The molecule has 28 heavy (non-hydrogen) atoms. The molecule has 4 heterocycles. The van der Waals surface area contributed by atoms with Gasteiger partial charge in [-0.25, -0.2) is 5.43 Å². The van der Waals surface area contributed by atoms with Gasteiger partial charge in [0.2, 0.25) is 5.95 Å². The van der Waals surface area contributed by atoms with E-state index in [0.29, 0.717) is 6.04 Å². The van der Waals surface area contributed by atoms with Gasteiger partial charge >= 0.3 is 0 Å². The third kappa shape index (κ3) is 3.03. The van der Waals surface area contributed by atoms with Crippen molar-refractivity contribution in [2.24, 2.45) is 0 Å². The molecule has 7 nitrogen and oxygen atoms in total. The lowest BCUT2D eigenvalue weighted by atomic mass is 10.0. The van der Waals surface area contributed by atoms with Gasteiger partial charge in [-0.15, -0.1) is 0 Å². The van der Waals surface area contributed by atoms with E-state index in [0.717, 1.165) is 55.9 Å². The molecule has 148 valence electrons. The summed E-state index contributed by atoms with van der Waals surface area (Å²) in [5.41, 5.74) is 6.08. The van der Waals surface area contributed by atoms with Crippen molar-refractivity contribution in [2.45, 2.75) is 38.3 Å². The molecule has 0 bridgehead atoms. The van der Waals surface area contributed by atoms with Gasteiger partial charge in [-0.1, -0.05) is 12.1 Å². The van der Waals surface area contributed by atoms with Crippen molar-refractivity contribution in [3.05, 3.63) is 35.4 Å². The van der Waals surface area contributed by atoms with Crippen LogP contribution in [0.1, 0.15) is 42.9 Å². The number of hydrazine groups is 1. The van der Waals surface area contributed by atoms with E-state index in [1.165, 1.54) is 30.4 Å². The van der Waals surface area contributed by atoms with Gasteiger partial charge in [0, 0.05) is 33.2 Å². The van der Waals surface area contributed by atoms with Crippen LogP contribution in [0.4, 0.5) is 17.6 Å². The van der Waals surface area contributed by atoms with Crippen LogP contribution in [-0.4, -0.2) is 43.8 Å². The molecule has 1 N–H and O–H groups in total. The predicted molar refractivity (Wildman–Crippen MR) is 111 cm³/mol. The van der Waals surface area contributed by atoms with E-state index in [2.05, 4.69) is 39.4 Å². The highest BCUT2D eigenvalue weighted by Gasteiger charge is 2.37. The molecule has 0 spiro atoms. The second kappa shape index (κ2) is 7.13. The predicted octanol–water partition coefficient (Wildman–Crippen LogP) is 2.88. The first-order chi connectivity index (χ1) is 13.7. The van der Waals surface area contributed by atoms with Crippen molar-refractivity contribution in [3.8, 4) is 5.75 Å². The van der Waals surface area contributed by atoms with E-state index in [4.69, 9.17) is 14.7 Å². The van der Waals surface area contributed by atoms with E-state index in [-0.39, 0.29) is 0 Å². The van der Waals surface area contributed by atoms with Crippen molar-refractivity contribution in [3.63, 3.8) is 0 Å². The standard InChI is InChI=1S/C21H28N6O/c1-25-19-18-17(24-25)10-13-27(14-15-6-8-16(28-2)9-7-15)20(18)23-21(22-19)26-11-4-3-5-12-26/h6-9,17,24H,3-5,10-14H2,1-2H3. The maximum atomic E-state index is 5.29. The van der Waals surface area contributed by atoms with Crippen LogP contribution in [0.3, 0.4) is 0 Å².